The smallest absolute Gasteiger partial charge is 0.411 e. The minimum Gasteiger partial charge on any atom is -0.444 e. The number of thioether (sulfide) groups is 1. The maximum Gasteiger partial charge on any atom is 0.411 e. The summed E-state index contributed by atoms with van der Waals surface area (Å²) in [6.07, 6.45) is 3.31. The number of nitrogens with zero attached hydrogens (tertiary/aromatic N) is 3. The molecule has 36 heavy (non-hydrogen) atoms. The molecular weight excluding hydrogens is 480 g/mol. The van der Waals surface area contributed by atoms with E-state index in [1.807, 2.05) is 49.8 Å². The molecule has 0 radical (unpaired) electrons. The number of carbonyl (C=O) groups excluding carboxylic acids is 2. The Morgan fingerprint density at radius 1 is 1.22 bits per heavy atom. The van der Waals surface area contributed by atoms with Crippen molar-refractivity contribution in [3.63, 3.8) is 0 Å². The summed E-state index contributed by atoms with van der Waals surface area (Å²) in [5.74, 6) is 0.771. The van der Waals surface area contributed by atoms with Crippen molar-refractivity contribution >= 4 is 29.8 Å². The third-order valence-electron chi connectivity index (χ3n) is 5.57. The van der Waals surface area contributed by atoms with Crippen LogP contribution < -0.4 is 16.0 Å². The number of carbonyl (C=O) groups is 2. The Balaban J connectivity index is 1.65. The van der Waals surface area contributed by atoms with Crippen LogP contribution in [0, 0.1) is 0 Å². The number of piperidine rings is 1. The lowest BCUT2D eigenvalue weighted by molar-refractivity contribution is 0.0277. The summed E-state index contributed by atoms with van der Waals surface area (Å²) in [6.45, 7) is 6.53. The maximum atomic E-state index is 12.9. The molecule has 1 aromatic carbocycles. The average molecular weight is 517 g/mol. The molecular formula is C25H36N6O4S. The van der Waals surface area contributed by atoms with Gasteiger partial charge in [0.15, 0.2) is 5.16 Å². The van der Waals surface area contributed by atoms with Gasteiger partial charge >= 0.3 is 12.2 Å². The van der Waals surface area contributed by atoms with Gasteiger partial charge < -0.3 is 25.4 Å². The van der Waals surface area contributed by atoms with Crippen LogP contribution in [0.5, 0.6) is 0 Å². The zero-order chi connectivity index (χ0) is 26.1. The second-order valence-corrected chi connectivity index (χ2v) is 10.3. The number of benzene rings is 1. The van der Waals surface area contributed by atoms with Crippen molar-refractivity contribution in [2.75, 3.05) is 25.2 Å². The molecule has 1 aliphatic rings. The Morgan fingerprint density at radius 2 is 1.97 bits per heavy atom. The molecule has 10 nitrogen and oxygen atoms in total. The molecule has 11 heteroatoms. The molecule has 0 aliphatic carbocycles. The van der Waals surface area contributed by atoms with E-state index in [1.165, 1.54) is 11.8 Å². The fraction of sp³-hybridized carbons (Fsp3) is 0.520. The Morgan fingerprint density at radius 3 is 2.64 bits per heavy atom. The molecule has 196 valence electrons. The molecule has 1 aliphatic heterocycles. The van der Waals surface area contributed by atoms with Crippen LogP contribution in [0.4, 0.5) is 15.4 Å². The first kappa shape index (κ1) is 27.5. The van der Waals surface area contributed by atoms with Crippen LogP contribution in [0.25, 0.3) is 0 Å². The van der Waals surface area contributed by atoms with Crippen molar-refractivity contribution in [3.05, 3.63) is 47.7 Å². The fourth-order valence-corrected chi connectivity index (χ4v) is 4.18. The van der Waals surface area contributed by atoms with Gasteiger partial charge in [0.25, 0.3) is 0 Å². The topological polar surface area (TPSA) is 118 Å². The van der Waals surface area contributed by atoms with E-state index in [4.69, 9.17) is 9.47 Å². The van der Waals surface area contributed by atoms with Gasteiger partial charge in [-0.3, -0.25) is 4.90 Å². The van der Waals surface area contributed by atoms with Crippen molar-refractivity contribution in [2.24, 2.45) is 0 Å². The number of ether oxygens (including phenoxy) is 2. The minimum absolute atomic E-state index is 0.0491. The van der Waals surface area contributed by atoms with E-state index >= 15 is 0 Å². The number of aromatic nitrogens is 2. The zero-order valence-electron chi connectivity index (χ0n) is 21.5. The molecule has 1 aromatic heterocycles. The summed E-state index contributed by atoms with van der Waals surface area (Å²) in [5.41, 5.74) is 1.19. The van der Waals surface area contributed by atoms with Crippen molar-refractivity contribution in [3.8, 4) is 0 Å². The van der Waals surface area contributed by atoms with Gasteiger partial charge in [-0.2, -0.15) is 0 Å². The molecule has 0 saturated carbocycles. The van der Waals surface area contributed by atoms with Gasteiger partial charge in [-0.25, -0.2) is 19.6 Å². The predicted octanol–water partition coefficient (Wildman–Crippen LogP) is 3.98. The molecule has 2 atom stereocenters. The first-order valence-electron chi connectivity index (χ1n) is 12.0. The zero-order valence-corrected chi connectivity index (χ0v) is 22.4. The van der Waals surface area contributed by atoms with Crippen LogP contribution in [0.15, 0.2) is 41.7 Å². The lowest BCUT2D eigenvalue weighted by atomic mass is 10.0. The predicted molar refractivity (Wildman–Crippen MR) is 140 cm³/mol. The first-order valence-corrected chi connectivity index (χ1v) is 13.2. The van der Waals surface area contributed by atoms with E-state index < -0.39 is 24.0 Å². The lowest BCUT2D eigenvalue weighted by Gasteiger charge is -2.39. The Labute approximate surface area is 216 Å². The number of amides is 2. The van der Waals surface area contributed by atoms with E-state index in [-0.39, 0.29) is 12.6 Å². The molecule has 2 heterocycles. The summed E-state index contributed by atoms with van der Waals surface area (Å²) in [4.78, 5) is 35.9. The highest BCUT2D eigenvalue weighted by Gasteiger charge is 2.34. The highest BCUT2D eigenvalue weighted by Crippen LogP contribution is 2.21. The van der Waals surface area contributed by atoms with Gasteiger partial charge in [0.2, 0.25) is 0 Å². The van der Waals surface area contributed by atoms with Crippen molar-refractivity contribution in [1.82, 2.24) is 25.5 Å². The van der Waals surface area contributed by atoms with Crippen LogP contribution in [0.2, 0.25) is 0 Å². The highest BCUT2D eigenvalue weighted by molar-refractivity contribution is 7.98. The quantitative estimate of drug-likeness (QED) is 0.354. The number of likely N-dealkylation sites (tertiary alicyclic amines) is 1. The number of rotatable bonds is 8. The van der Waals surface area contributed by atoms with Crippen LogP contribution >= 0.6 is 11.8 Å². The third-order valence-corrected chi connectivity index (χ3v) is 6.13. The maximum absolute atomic E-state index is 12.9. The van der Waals surface area contributed by atoms with Gasteiger partial charge in [0, 0.05) is 44.4 Å². The summed E-state index contributed by atoms with van der Waals surface area (Å²) in [5, 5.41) is 10.2. The Hall–Kier alpha value is -3.05. The molecule has 2 unspecified atom stereocenters. The first-order chi connectivity index (χ1) is 17.2. The molecule has 0 spiro atoms. The molecule has 3 rings (SSSR count). The van der Waals surface area contributed by atoms with Gasteiger partial charge in [-0.05, 0) is 39.0 Å². The Kier molecular flexibility index (Phi) is 9.77. The average Bonchev–Trinajstić information content (AvgIpc) is 2.85. The normalized spacial score (nSPS) is 17.9. The monoisotopic (exact) mass is 516 g/mol. The Bertz CT molecular complexity index is 1020. The summed E-state index contributed by atoms with van der Waals surface area (Å²) in [6, 6.07) is 9.54. The van der Waals surface area contributed by atoms with Crippen LogP contribution in [-0.4, -0.2) is 64.7 Å². The van der Waals surface area contributed by atoms with E-state index in [2.05, 4.69) is 25.9 Å². The third kappa shape index (κ3) is 8.27. The highest BCUT2D eigenvalue weighted by atomic mass is 32.2. The number of alkyl carbamates (subject to hydrolysis) is 1. The fourth-order valence-electron chi connectivity index (χ4n) is 3.84. The SMILES string of the molecule is CNc1nc(SC)ncc1CNC1CCN(C(=O)OCc2ccccc2)C(NC(=O)OC(C)(C)C)C1. The summed E-state index contributed by atoms with van der Waals surface area (Å²) < 4.78 is 11.0. The largest absolute Gasteiger partial charge is 0.444 e. The van der Waals surface area contributed by atoms with Crippen molar-refractivity contribution < 1.29 is 19.1 Å². The van der Waals surface area contributed by atoms with E-state index in [9.17, 15) is 9.59 Å². The van der Waals surface area contributed by atoms with Gasteiger partial charge in [0.05, 0.1) is 0 Å². The van der Waals surface area contributed by atoms with Crippen LogP contribution in [0.3, 0.4) is 0 Å². The molecule has 1 fully saturated rings. The second kappa shape index (κ2) is 12.8. The van der Waals surface area contributed by atoms with Gasteiger partial charge in [-0.1, -0.05) is 42.1 Å². The van der Waals surface area contributed by atoms with Gasteiger partial charge in [0.1, 0.15) is 24.2 Å². The van der Waals surface area contributed by atoms with Crippen molar-refractivity contribution in [1.29, 1.82) is 0 Å². The minimum atomic E-state index is -0.651. The standard InChI is InChI=1S/C25H36N6O4S/c1-25(2,3)35-23(32)29-20-13-19(27-14-18-15-28-22(36-5)30-21(18)26-4)11-12-31(20)24(33)34-16-17-9-7-6-8-10-17/h6-10,15,19-20,27H,11-14,16H2,1-5H3,(H,29,32)(H,26,28,30). The number of hydrogen-bond donors (Lipinski definition) is 3. The lowest BCUT2D eigenvalue weighted by Crippen LogP contribution is -2.58. The molecule has 0 bridgehead atoms. The number of nitrogens with one attached hydrogen (secondary N) is 3. The van der Waals surface area contributed by atoms with Crippen molar-refractivity contribution in [2.45, 2.75) is 69.7 Å². The second-order valence-electron chi connectivity index (χ2n) is 9.48. The summed E-state index contributed by atoms with van der Waals surface area (Å²) >= 11 is 1.48. The van der Waals surface area contributed by atoms with E-state index in [0.717, 1.165) is 16.9 Å². The van der Waals surface area contributed by atoms with Gasteiger partial charge in [-0.15, -0.1) is 0 Å². The number of anilines is 1. The van der Waals surface area contributed by atoms with E-state index in [0.29, 0.717) is 31.1 Å². The molecule has 2 aromatic rings. The molecule has 1 saturated heterocycles. The van der Waals surface area contributed by atoms with E-state index in [1.54, 1.807) is 25.7 Å². The molecule has 3 N–H and O–H groups in total. The molecule has 2 amide bonds. The summed E-state index contributed by atoms with van der Waals surface area (Å²) in [7, 11) is 1.83. The van der Waals surface area contributed by atoms with Crippen LogP contribution in [-0.2, 0) is 22.6 Å². The number of hydrogen-bond acceptors (Lipinski definition) is 9. The van der Waals surface area contributed by atoms with Crippen LogP contribution in [0.1, 0.15) is 44.7 Å².